The van der Waals surface area contributed by atoms with Crippen molar-refractivity contribution in [2.75, 3.05) is 0 Å². The predicted molar refractivity (Wildman–Crippen MR) is 54.2 cm³/mol. The smallest absolute Gasteiger partial charge is 0.260 e. The van der Waals surface area contributed by atoms with Gasteiger partial charge in [-0.05, 0) is 17.3 Å². The van der Waals surface area contributed by atoms with Gasteiger partial charge in [-0.15, -0.1) is 15.0 Å². The monoisotopic (exact) mass is 214 g/mol. The Morgan fingerprint density at radius 3 is 3.00 bits per heavy atom. The summed E-state index contributed by atoms with van der Waals surface area (Å²) < 4.78 is 1.44. The largest absolute Gasteiger partial charge is 0.269 e. The fourth-order valence-electron chi connectivity index (χ4n) is 1.42. The molecule has 0 aliphatic rings. The number of rotatable bonds is 1. The molecule has 3 rings (SSSR count). The third-order valence-electron chi connectivity index (χ3n) is 2.11. The summed E-state index contributed by atoms with van der Waals surface area (Å²) >= 11 is 0. The van der Waals surface area contributed by atoms with Crippen molar-refractivity contribution in [1.82, 2.24) is 29.6 Å². The van der Waals surface area contributed by atoms with Crippen LogP contribution in [0, 0.1) is 0 Å². The van der Waals surface area contributed by atoms with Crippen LogP contribution in [0.15, 0.2) is 41.6 Å². The SMILES string of the molecule is O=c1cc(-n2ncnn2)nc2ccccn12. The maximum Gasteiger partial charge on any atom is 0.260 e. The van der Waals surface area contributed by atoms with Gasteiger partial charge in [-0.25, -0.2) is 4.98 Å². The Kier molecular flexibility index (Phi) is 1.76. The normalized spacial score (nSPS) is 10.8. The Balaban J connectivity index is 2.34. The van der Waals surface area contributed by atoms with E-state index < -0.39 is 0 Å². The molecule has 0 saturated carbocycles. The van der Waals surface area contributed by atoms with Gasteiger partial charge in [-0.3, -0.25) is 9.20 Å². The summed E-state index contributed by atoms with van der Waals surface area (Å²) in [6, 6.07) is 6.67. The van der Waals surface area contributed by atoms with Crippen molar-refractivity contribution in [3.8, 4) is 5.82 Å². The molecule has 78 valence electrons. The van der Waals surface area contributed by atoms with Crippen LogP contribution in [-0.2, 0) is 0 Å². The number of aromatic nitrogens is 6. The van der Waals surface area contributed by atoms with Gasteiger partial charge in [0.15, 0.2) is 12.1 Å². The van der Waals surface area contributed by atoms with Crippen LogP contribution in [0.5, 0.6) is 0 Å². The fraction of sp³-hybridized carbons (Fsp3) is 0. The zero-order chi connectivity index (χ0) is 11.0. The number of hydrogen-bond acceptors (Lipinski definition) is 5. The molecule has 3 aromatic heterocycles. The van der Waals surface area contributed by atoms with Crippen molar-refractivity contribution in [2.24, 2.45) is 0 Å². The topological polar surface area (TPSA) is 78.0 Å². The summed E-state index contributed by atoms with van der Waals surface area (Å²) in [4.78, 5) is 17.2. The number of tetrazole rings is 1. The second kappa shape index (κ2) is 3.23. The molecule has 0 spiro atoms. The minimum Gasteiger partial charge on any atom is -0.269 e. The lowest BCUT2D eigenvalue weighted by atomic mass is 10.4. The third-order valence-corrected chi connectivity index (χ3v) is 2.11. The first-order valence-corrected chi connectivity index (χ1v) is 4.56. The van der Waals surface area contributed by atoms with Gasteiger partial charge in [-0.1, -0.05) is 6.07 Å². The average Bonchev–Trinajstić information content (AvgIpc) is 2.82. The first kappa shape index (κ1) is 8.72. The molecule has 0 unspecified atom stereocenters. The number of pyridine rings is 1. The Hall–Kier alpha value is -2.57. The van der Waals surface area contributed by atoms with Crippen LogP contribution in [0.25, 0.3) is 11.5 Å². The molecule has 0 radical (unpaired) electrons. The second-order valence-electron chi connectivity index (χ2n) is 3.11. The summed E-state index contributed by atoms with van der Waals surface area (Å²) in [6.07, 6.45) is 2.94. The summed E-state index contributed by atoms with van der Waals surface area (Å²) in [6.45, 7) is 0. The Labute approximate surface area is 89.0 Å². The van der Waals surface area contributed by atoms with Crippen LogP contribution in [0.4, 0.5) is 0 Å². The van der Waals surface area contributed by atoms with Gasteiger partial charge in [0, 0.05) is 6.20 Å². The lowest BCUT2D eigenvalue weighted by molar-refractivity contribution is 0.698. The molecular weight excluding hydrogens is 208 g/mol. The van der Waals surface area contributed by atoms with E-state index in [0.717, 1.165) is 0 Å². The van der Waals surface area contributed by atoms with Gasteiger partial charge in [0.05, 0.1) is 6.07 Å². The van der Waals surface area contributed by atoms with E-state index in [1.807, 2.05) is 0 Å². The first-order valence-electron chi connectivity index (χ1n) is 4.56. The summed E-state index contributed by atoms with van der Waals surface area (Å²) in [7, 11) is 0. The molecule has 0 aromatic carbocycles. The van der Waals surface area contributed by atoms with Crippen molar-refractivity contribution in [2.45, 2.75) is 0 Å². The van der Waals surface area contributed by atoms with Gasteiger partial charge in [-0.2, -0.15) is 0 Å². The summed E-state index contributed by atoms with van der Waals surface area (Å²) in [5.41, 5.74) is 0.361. The van der Waals surface area contributed by atoms with Crippen LogP contribution in [0.3, 0.4) is 0 Å². The Bertz CT molecular complexity index is 687. The molecule has 0 fully saturated rings. The molecule has 0 saturated heterocycles. The highest BCUT2D eigenvalue weighted by Crippen LogP contribution is 2.00. The van der Waals surface area contributed by atoms with Gasteiger partial charge in [0.2, 0.25) is 0 Å². The molecule has 0 amide bonds. The minimum absolute atomic E-state index is 0.182. The molecule has 3 aromatic rings. The van der Waals surface area contributed by atoms with E-state index in [2.05, 4.69) is 20.4 Å². The van der Waals surface area contributed by atoms with Crippen LogP contribution in [0.1, 0.15) is 0 Å². The maximum absolute atomic E-state index is 11.7. The molecule has 7 nitrogen and oxygen atoms in total. The molecule has 0 N–H and O–H groups in total. The number of nitrogens with zero attached hydrogens (tertiary/aromatic N) is 6. The number of fused-ring (bicyclic) bond motifs is 1. The standard InChI is InChI=1S/C9H6N6O/c16-9-5-8(15-11-6-10-13-15)12-7-3-1-2-4-14(7)9/h1-6H. The lowest BCUT2D eigenvalue weighted by Crippen LogP contribution is -2.16. The molecule has 7 heteroatoms. The molecule has 0 aliphatic heterocycles. The van der Waals surface area contributed by atoms with Gasteiger partial charge >= 0.3 is 0 Å². The molecule has 0 atom stereocenters. The Morgan fingerprint density at radius 2 is 2.19 bits per heavy atom. The summed E-state index contributed by atoms with van der Waals surface area (Å²) in [5.74, 6) is 0.355. The van der Waals surface area contributed by atoms with Crippen LogP contribution < -0.4 is 5.56 Å². The molecule has 0 bridgehead atoms. The number of hydrogen-bond donors (Lipinski definition) is 0. The van der Waals surface area contributed by atoms with E-state index in [1.54, 1.807) is 24.4 Å². The minimum atomic E-state index is -0.182. The van der Waals surface area contributed by atoms with E-state index in [9.17, 15) is 4.79 Å². The third kappa shape index (κ3) is 1.26. The lowest BCUT2D eigenvalue weighted by Gasteiger charge is -2.01. The predicted octanol–water partition coefficient (Wildman–Crippen LogP) is -0.330. The fourth-order valence-corrected chi connectivity index (χ4v) is 1.42. The highest BCUT2D eigenvalue weighted by atomic mass is 16.1. The van der Waals surface area contributed by atoms with Gasteiger partial charge in [0.25, 0.3) is 5.56 Å². The molecular formula is C9H6N6O. The van der Waals surface area contributed by atoms with E-state index >= 15 is 0 Å². The van der Waals surface area contributed by atoms with E-state index in [4.69, 9.17) is 0 Å². The average molecular weight is 214 g/mol. The van der Waals surface area contributed by atoms with Crippen molar-refractivity contribution in [3.05, 3.63) is 47.1 Å². The molecule has 16 heavy (non-hydrogen) atoms. The van der Waals surface area contributed by atoms with Gasteiger partial charge in [0.1, 0.15) is 5.65 Å². The Morgan fingerprint density at radius 1 is 1.25 bits per heavy atom. The van der Waals surface area contributed by atoms with Gasteiger partial charge < -0.3 is 0 Å². The molecule has 3 heterocycles. The quantitative estimate of drug-likeness (QED) is 0.554. The van der Waals surface area contributed by atoms with Crippen LogP contribution in [0.2, 0.25) is 0 Å². The second-order valence-corrected chi connectivity index (χ2v) is 3.11. The van der Waals surface area contributed by atoms with Crippen LogP contribution in [-0.4, -0.2) is 29.6 Å². The zero-order valence-corrected chi connectivity index (χ0v) is 8.06. The maximum atomic E-state index is 11.7. The van der Waals surface area contributed by atoms with Crippen molar-refractivity contribution in [3.63, 3.8) is 0 Å². The highest BCUT2D eigenvalue weighted by molar-refractivity contribution is 5.40. The zero-order valence-electron chi connectivity index (χ0n) is 8.06. The van der Waals surface area contributed by atoms with E-state index in [-0.39, 0.29) is 5.56 Å². The van der Waals surface area contributed by atoms with E-state index in [1.165, 1.54) is 21.6 Å². The first-order chi connectivity index (χ1) is 7.84. The van der Waals surface area contributed by atoms with E-state index in [0.29, 0.717) is 11.5 Å². The van der Waals surface area contributed by atoms with Crippen molar-refractivity contribution >= 4 is 5.65 Å². The van der Waals surface area contributed by atoms with Crippen molar-refractivity contribution in [1.29, 1.82) is 0 Å². The molecule has 0 aliphatic carbocycles. The summed E-state index contributed by atoms with van der Waals surface area (Å²) in [5, 5.41) is 11.1. The van der Waals surface area contributed by atoms with Crippen LogP contribution >= 0.6 is 0 Å². The highest BCUT2D eigenvalue weighted by Gasteiger charge is 2.04. The van der Waals surface area contributed by atoms with Crippen molar-refractivity contribution < 1.29 is 0 Å².